The highest BCUT2D eigenvalue weighted by molar-refractivity contribution is 5.76. The van der Waals surface area contributed by atoms with Crippen molar-refractivity contribution in [1.82, 2.24) is 10.6 Å². The SMILES string of the molecule is C[C@H](CC#N)NC(=O)C[C@H]1CCCC[C@H]1NC(=O)OC(C)(C)C. The van der Waals surface area contributed by atoms with Crippen molar-refractivity contribution >= 4 is 12.0 Å². The molecular weight excluding hydrogens is 294 g/mol. The topological polar surface area (TPSA) is 91.2 Å². The summed E-state index contributed by atoms with van der Waals surface area (Å²) in [7, 11) is 0. The minimum atomic E-state index is -0.529. The molecule has 0 aliphatic heterocycles. The summed E-state index contributed by atoms with van der Waals surface area (Å²) in [5, 5.41) is 14.4. The highest BCUT2D eigenvalue weighted by Crippen LogP contribution is 2.27. The van der Waals surface area contributed by atoms with Crippen LogP contribution in [0.15, 0.2) is 0 Å². The number of hydrogen-bond acceptors (Lipinski definition) is 4. The Balaban J connectivity index is 2.53. The zero-order valence-corrected chi connectivity index (χ0v) is 14.6. The van der Waals surface area contributed by atoms with Gasteiger partial charge in [0.2, 0.25) is 5.91 Å². The Morgan fingerprint density at radius 2 is 1.96 bits per heavy atom. The van der Waals surface area contributed by atoms with E-state index in [-0.39, 0.29) is 23.9 Å². The summed E-state index contributed by atoms with van der Waals surface area (Å²) in [4.78, 5) is 24.0. The molecule has 23 heavy (non-hydrogen) atoms. The molecule has 0 spiro atoms. The van der Waals surface area contributed by atoms with Gasteiger partial charge in [-0.1, -0.05) is 12.8 Å². The van der Waals surface area contributed by atoms with Crippen LogP contribution in [-0.4, -0.2) is 29.7 Å². The van der Waals surface area contributed by atoms with Crippen LogP contribution in [0.5, 0.6) is 0 Å². The summed E-state index contributed by atoms with van der Waals surface area (Å²) < 4.78 is 5.30. The maximum Gasteiger partial charge on any atom is 0.407 e. The molecule has 0 aromatic rings. The number of amides is 2. The van der Waals surface area contributed by atoms with Crippen LogP contribution < -0.4 is 10.6 Å². The molecule has 0 aromatic carbocycles. The normalized spacial score (nSPS) is 22.6. The Kier molecular flexibility index (Phi) is 7.34. The van der Waals surface area contributed by atoms with Gasteiger partial charge >= 0.3 is 6.09 Å². The van der Waals surface area contributed by atoms with Crippen molar-refractivity contribution in [1.29, 1.82) is 5.26 Å². The van der Waals surface area contributed by atoms with Gasteiger partial charge in [0.25, 0.3) is 0 Å². The lowest BCUT2D eigenvalue weighted by Crippen LogP contribution is -2.46. The van der Waals surface area contributed by atoms with E-state index in [9.17, 15) is 9.59 Å². The summed E-state index contributed by atoms with van der Waals surface area (Å²) in [6.45, 7) is 7.30. The maximum absolute atomic E-state index is 12.1. The second-order valence-corrected chi connectivity index (χ2v) is 7.33. The van der Waals surface area contributed by atoms with Crippen molar-refractivity contribution in [3.05, 3.63) is 0 Å². The number of hydrogen-bond donors (Lipinski definition) is 2. The Labute approximate surface area is 139 Å². The quantitative estimate of drug-likeness (QED) is 0.814. The number of carbonyl (C=O) groups excluding carboxylic acids is 2. The molecule has 1 rings (SSSR count). The first kappa shape index (κ1) is 19.3. The van der Waals surface area contributed by atoms with Gasteiger partial charge in [-0.05, 0) is 46.5 Å². The molecule has 1 fully saturated rings. The van der Waals surface area contributed by atoms with E-state index in [0.717, 1.165) is 25.7 Å². The van der Waals surface area contributed by atoms with E-state index < -0.39 is 11.7 Å². The fraction of sp³-hybridized carbons (Fsp3) is 0.824. The molecule has 1 aliphatic rings. The number of nitrogens with one attached hydrogen (secondary N) is 2. The van der Waals surface area contributed by atoms with E-state index >= 15 is 0 Å². The third kappa shape index (κ3) is 7.87. The highest BCUT2D eigenvalue weighted by atomic mass is 16.6. The first-order chi connectivity index (χ1) is 10.7. The van der Waals surface area contributed by atoms with Crippen LogP contribution in [0.3, 0.4) is 0 Å². The van der Waals surface area contributed by atoms with E-state index in [1.165, 1.54) is 0 Å². The largest absolute Gasteiger partial charge is 0.444 e. The van der Waals surface area contributed by atoms with Crippen LogP contribution in [0.1, 0.15) is 66.2 Å². The van der Waals surface area contributed by atoms with Crippen LogP contribution in [0.4, 0.5) is 4.79 Å². The molecule has 2 N–H and O–H groups in total. The Morgan fingerprint density at radius 3 is 2.57 bits per heavy atom. The summed E-state index contributed by atoms with van der Waals surface area (Å²) >= 11 is 0. The summed E-state index contributed by atoms with van der Waals surface area (Å²) in [6.07, 6.45) is 4.15. The van der Waals surface area contributed by atoms with E-state index in [1.807, 2.05) is 33.8 Å². The Morgan fingerprint density at radius 1 is 1.30 bits per heavy atom. The van der Waals surface area contributed by atoms with Crippen molar-refractivity contribution in [3.63, 3.8) is 0 Å². The van der Waals surface area contributed by atoms with Gasteiger partial charge in [-0.3, -0.25) is 4.79 Å². The predicted molar refractivity (Wildman–Crippen MR) is 87.6 cm³/mol. The van der Waals surface area contributed by atoms with Crippen LogP contribution in [0, 0.1) is 17.2 Å². The van der Waals surface area contributed by atoms with Gasteiger partial charge in [0.1, 0.15) is 5.60 Å². The smallest absolute Gasteiger partial charge is 0.407 e. The molecule has 6 nitrogen and oxygen atoms in total. The van der Waals surface area contributed by atoms with Crippen LogP contribution in [0.25, 0.3) is 0 Å². The molecule has 130 valence electrons. The van der Waals surface area contributed by atoms with Gasteiger partial charge in [0, 0.05) is 18.5 Å². The molecule has 2 amide bonds. The van der Waals surface area contributed by atoms with Crippen molar-refractivity contribution in [3.8, 4) is 6.07 Å². The van der Waals surface area contributed by atoms with E-state index in [2.05, 4.69) is 10.6 Å². The molecule has 3 atom stereocenters. The molecule has 6 heteroatoms. The monoisotopic (exact) mass is 323 g/mol. The van der Waals surface area contributed by atoms with Gasteiger partial charge in [-0.15, -0.1) is 0 Å². The fourth-order valence-electron chi connectivity index (χ4n) is 2.86. The van der Waals surface area contributed by atoms with Crippen LogP contribution in [0.2, 0.25) is 0 Å². The lowest BCUT2D eigenvalue weighted by atomic mass is 9.82. The Hall–Kier alpha value is -1.77. The molecule has 0 heterocycles. The number of alkyl carbamates (subject to hydrolysis) is 1. The first-order valence-corrected chi connectivity index (χ1v) is 8.37. The van der Waals surface area contributed by atoms with Crippen molar-refractivity contribution < 1.29 is 14.3 Å². The molecule has 0 aromatic heterocycles. The number of ether oxygens (including phenoxy) is 1. The van der Waals surface area contributed by atoms with Crippen molar-refractivity contribution in [2.75, 3.05) is 0 Å². The molecule has 0 saturated heterocycles. The standard InChI is InChI=1S/C17H29N3O3/c1-12(9-10-18)19-15(21)11-13-7-5-6-8-14(13)20-16(22)23-17(2,3)4/h12-14H,5-9,11H2,1-4H3,(H,19,21)(H,20,22)/t12-,13-,14-/m1/s1. The summed E-state index contributed by atoms with van der Waals surface area (Å²) in [5.74, 6) is 0.0567. The molecule has 0 bridgehead atoms. The first-order valence-electron chi connectivity index (χ1n) is 8.37. The predicted octanol–water partition coefficient (Wildman–Crippen LogP) is 2.88. The minimum absolute atomic E-state index is 0.0318. The van der Waals surface area contributed by atoms with Gasteiger partial charge in [-0.2, -0.15) is 5.26 Å². The second kappa shape index (κ2) is 8.76. The maximum atomic E-state index is 12.1. The third-order valence-electron chi connectivity index (χ3n) is 3.86. The summed E-state index contributed by atoms with van der Waals surface area (Å²) in [5.41, 5.74) is -0.529. The summed E-state index contributed by atoms with van der Waals surface area (Å²) in [6, 6.07) is 1.87. The lowest BCUT2D eigenvalue weighted by Gasteiger charge is -2.32. The van der Waals surface area contributed by atoms with Gasteiger partial charge in [0.05, 0.1) is 12.5 Å². The lowest BCUT2D eigenvalue weighted by molar-refractivity contribution is -0.123. The van der Waals surface area contributed by atoms with E-state index in [1.54, 1.807) is 0 Å². The third-order valence-corrected chi connectivity index (χ3v) is 3.86. The van der Waals surface area contributed by atoms with Crippen LogP contribution >= 0.6 is 0 Å². The fourth-order valence-corrected chi connectivity index (χ4v) is 2.86. The second-order valence-electron chi connectivity index (χ2n) is 7.33. The number of nitrogens with zero attached hydrogens (tertiary/aromatic N) is 1. The zero-order valence-electron chi connectivity index (χ0n) is 14.6. The van der Waals surface area contributed by atoms with Gasteiger partial charge in [0.15, 0.2) is 0 Å². The van der Waals surface area contributed by atoms with Crippen LogP contribution in [-0.2, 0) is 9.53 Å². The molecule has 1 saturated carbocycles. The van der Waals surface area contributed by atoms with Crippen molar-refractivity contribution in [2.24, 2.45) is 5.92 Å². The molecule has 1 aliphatic carbocycles. The molecular formula is C17H29N3O3. The average molecular weight is 323 g/mol. The highest BCUT2D eigenvalue weighted by Gasteiger charge is 2.30. The number of carbonyl (C=O) groups is 2. The van der Waals surface area contributed by atoms with Crippen molar-refractivity contribution in [2.45, 2.75) is 83.9 Å². The van der Waals surface area contributed by atoms with E-state index in [0.29, 0.717) is 12.8 Å². The molecule has 0 radical (unpaired) electrons. The molecule has 0 unspecified atom stereocenters. The number of nitriles is 1. The zero-order chi connectivity index (χ0) is 17.5. The number of rotatable bonds is 5. The minimum Gasteiger partial charge on any atom is -0.444 e. The van der Waals surface area contributed by atoms with Gasteiger partial charge in [-0.25, -0.2) is 4.79 Å². The van der Waals surface area contributed by atoms with E-state index in [4.69, 9.17) is 10.00 Å². The average Bonchev–Trinajstić information content (AvgIpc) is 2.38. The Bertz CT molecular complexity index is 451. The van der Waals surface area contributed by atoms with Gasteiger partial charge < -0.3 is 15.4 Å².